The SMILES string of the molecule is O=C1C(=O)N(c2cccc(C(F)(F)F)c2)[C@@H](c2ccc(F)cc2)/C1=C(/O)c1ccc([N+](=O)[O-])cc1. The Kier molecular flexibility index (Phi) is 5.85. The summed E-state index contributed by atoms with van der Waals surface area (Å²) in [5.41, 5.74) is -1.98. The number of amides is 1. The molecule has 178 valence electrons. The summed E-state index contributed by atoms with van der Waals surface area (Å²) in [7, 11) is 0. The number of hydrogen-bond acceptors (Lipinski definition) is 5. The van der Waals surface area contributed by atoms with Crippen LogP contribution in [-0.4, -0.2) is 21.7 Å². The van der Waals surface area contributed by atoms with E-state index in [1.165, 1.54) is 18.2 Å². The Morgan fingerprint density at radius 1 is 0.971 bits per heavy atom. The molecule has 1 aliphatic heterocycles. The predicted molar refractivity (Wildman–Crippen MR) is 116 cm³/mol. The van der Waals surface area contributed by atoms with Gasteiger partial charge in [0, 0.05) is 23.4 Å². The first-order chi connectivity index (χ1) is 16.5. The van der Waals surface area contributed by atoms with Crippen LogP contribution in [0, 0.1) is 15.9 Å². The van der Waals surface area contributed by atoms with Crippen molar-refractivity contribution in [1.82, 2.24) is 0 Å². The van der Waals surface area contributed by atoms with Gasteiger partial charge in [-0.3, -0.25) is 24.6 Å². The fraction of sp³-hybridized carbons (Fsp3) is 0.0833. The van der Waals surface area contributed by atoms with Gasteiger partial charge in [0.25, 0.3) is 17.4 Å². The number of non-ortho nitro benzene ring substituents is 1. The highest BCUT2D eigenvalue weighted by atomic mass is 19.4. The van der Waals surface area contributed by atoms with Crippen molar-refractivity contribution in [3.63, 3.8) is 0 Å². The van der Waals surface area contributed by atoms with Crippen molar-refractivity contribution < 1.29 is 37.2 Å². The highest BCUT2D eigenvalue weighted by Crippen LogP contribution is 2.43. The lowest BCUT2D eigenvalue weighted by atomic mass is 9.95. The van der Waals surface area contributed by atoms with Crippen LogP contribution in [0.4, 0.5) is 28.9 Å². The van der Waals surface area contributed by atoms with Crippen LogP contribution in [0.3, 0.4) is 0 Å². The van der Waals surface area contributed by atoms with Crippen LogP contribution >= 0.6 is 0 Å². The number of aliphatic hydroxyl groups excluding tert-OH is 1. The van der Waals surface area contributed by atoms with Gasteiger partial charge in [-0.15, -0.1) is 0 Å². The largest absolute Gasteiger partial charge is 0.507 e. The van der Waals surface area contributed by atoms with Gasteiger partial charge in [0.15, 0.2) is 0 Å². The molecule has 1 atom stereocenters. The Hall–Kier alpha value is -4.54. The van der Waals surface area contributed by atoms with E-state index >= 15 is 0 Å². The summed E-state index contributed by atoms with van der Waals surface area (Å²) in [4.78, 5) is 37.0. The van der Waals surface area contributed by atoms with Crippen LogP contribution in [0.2, 0.25) is 0 Å². The number of Topliss-reactive ketones (excluding diaryl/α,β-unsaturated/α-hetero) is 1. The summed E-state index contributed by atoms with van der Waals surface area (Å²) in [5.74, 6) is -3.73. The molecule has 1 N–H and O–H groups in total. The van der Waals surface area contributed by atoms with Crippen LogP contribution in [0.5, 0.6) is 0 Å². The molecule has 0 unspecified atom stereocenters. The molecule has 1 saturated heterocycles. The number of carbonyl (C=O) groups excluding carboxylic acids is 2. The third-order valence-electron chi connectivity index (χ3n) is 5.43. The number of aliphatic hydroxyl groups is 1. The number of nitro groups is 1. The minimum atomic E-state index is -4.73. The monoisotopic (exact) mass is 486 g/mol. The topological polar surface area (TPSA) is 101 Å². The number of ketones is 1. The predicted octanol–water partition coefficient (Wildman–Crippen LogP) is 5.38. The summed E-state index contributed by atoms with van der Waals surface area (Å²) >= 11 is 0. The second-order valence-corrected chi connectivity index (χ2v) is 7.57. The number of benzene rings is 3. The van der Waals surface area contributed by atoms with E-state index in [-0.39, 0.29) is 22.5 Å². The number of anilines is 1. The van der Waals surface area contributed by atoms with Crippen molar-refractivity contribution >= 4 is 28.8 Å². The Morgan fingerprint density at radius 2 is 1.60 bits per heavy atom. The zero-order chi connectivity index (χ0) is 25.5. The Balaban J connectivity index is 1.92. The van der Waals surface area contributed by atoms with E-state index < -0.39 is 51.5 Å². The van der Waals surface area contributed by atoms with Gasteiger partial charge in [-0.2, -0.15) is 13.2 Å². The molecule has 11 heteroatoms. The molecule has 1 fully saturated rings. The molecule has 35 heavy (non-hydrogen) atoms. The summed E-state index contributed by atoms with van der Waals surface area (Å²) < 4.78 is 53.5. The van der Waals surface area contributed by atoms with Crippen LogP contribution in [0.25, 0.3) is 5.76 Å². The smallest absolute Gasteiger partial charge is 0.416 e. The average Bonchev–Trinajstić information content (AvgIpc) is 3.09. The lowest BCUT2D eigenvalue weighted by Crippen LogP contribution is -2.29. The summed E-state index contributed by atoms with van der Waals surface area (Å²) in [5, 5.41) is 21.8. The van der Waals surface area contributed by atoms with Crippen molar-refractivity contribution in [3.8, 4) is 0 Å². The van der Waals surface area contributed by atoms with Crippen molar-refractivity contribution in [2.45, 2.75) is 12.2 Å². The number of nitro benzene ring substituents is 1. The van der Waals surface area contributed by atoms with Crippen LogP contribution in [0.15, 0.2) is 78.4 Å². The molecule has 7 nitrogen and oxygen atoms in total. The van der Waals surface area contributed by atoms with Gasteiger partial charge in [-0.05, 0) is 48.0 Å². The number of halogens is 4. The van der Waals surface area contributed by atoms with E-state index in [9.17, 15) is 42.4 Å². The van der Waals surface area contributed by atoms with Gasteiger partial charge >= 0.3 is 6.18 Å². The molecule has 3 aromatic rings. The van der Waals surface area contributed by atoms with Gasteiger partial charge in [0.05, 0.1) is 22.1 Å². The molecule has 0 aliphatic carbocycles. The van der Waals surface area contributed by atoms with Gasteiger partial charge in [-0.1, -0.05) is 18.2 Å². The number of nitrogens with zero attached hydrogens (tertiary/aromatic N) is 2. The fourth-order valence-corrected chi connectivity index (χ4v) is 3.79. The molecule has 0 saturated carbocycles. The molecule has 3 aromatic carbocycles. The fourth-order valence-electron chi connectivity index (χ4n) is 3.79. The number of carbonyl (C=O) groups is 2. The average molecular weight is 486 g/mol. The van der Waals surface area contributed by atoms with Crippen molar-refractivity contribution in [1.29, 1.82) is 0 Å². The summed E-state index contributed by atoms with van der Waals surface area (Å²) in [6.45, 7) is 0. The number of hydrogen-bond donors (Lipinski definition) is 1. The molecule has 1 heterocycles. The molecule has 0 aromatic heterocycles. The number of alkyl halides is 3. The second kappa shape index (κ2) is 8.67. The molecule has 0 spiro atoms. The highest BCUT2D eigenvalue weighted by molar-refractivity contribution is 6.51. The maximum atomic E-state index is 13.6. The highest BCUT2D eigenvalue weighted by Gasteiger charge is 2.47. The Labute approximate surface area is 194 Å². The lowest BCUT2D eigenvalue weighted by Gasteiger charge is -2.26. The maximum Gasteiger partial charge on any atom is 0.416 e. The first-order valence-electron chi connectivity index (χ1n) is 9.97. The normalized spacial score (nSPS) is 17.6. The van der Waals surface area contributed by atoms with Crippen molar-refractivity contribution in [2.24, 2.45) is 0 Å². The standard InChI is InChI=1S/C24H14F4N2O5/c25-16-8-4-13(5-9-16)20-19(21(31)14-6-10-17(11-7-14)30(34)35)22(32)23(33)29(20)18-3-1-2-15(12-18)24(26,27)28/h1-12,20,31H/b21-19-/t20-/m0/s1. The van der Waals surface area contributed by atoms with Gasteiger partial charge in [0.2, 0.25) is 0 Å². The minimum Gasteiger partial charge on any atom is -0.507 e. The zero-order valence-electron chi connectivity index (χ0n) is 17.5. The molecule has 1 amide bonds. The lowest BCUT2D eigenvalue weighted by molar-refractivity contribution is -0.384. The first-order valence-corrected chi connectivity index (χ1v) is 9.97. The van der Waals surface area contributed by atoms with Gasteiger partial charge in [-0.25, -0.2) is 4.39 Å². The summed E-state index contributed by atoms with van der Waals surface area (Å²) in [6, 6.07) is 11.4. The van der Waals surface area contributed by atoms with E-state index in [0.717, 1.165) is 53.4 Å². The van der Waals surface area contributed by atoms with E-state index in [2.05, 4.69) is 0 Å². The van der Waals surface area contributed by atoms with Crippen molar-refractivity contribution in [2.75, 3.05) is 4.90 Å². The minimum absolute atomic E-state index is 0.0373. The third kappa shape index (κ3) is 4.35. The molecule has 0 radical (unpaired) electrons. The van der Waals surface area contributed by atoms with Crippen LogP contribution in [0.1, 0.15) is 22.7 Å². The van der Waals surface area contributed by atoms with E-state index in [0.29, 0.717) is 6.07 Å². The van der Waals surface area contributed by atoms with Crippen molar-refractivity contribution in [3.05, 3.63) is 111 Å². The molecular formula is C24H14F4N2O5. The molecule has 0 bridgehead atoms. The first kappa shape index (κ1) is 23.6. The van der Waals surface area contributed by atoms with Crippen LogP contribution in [-0.2, 0) is 15.8 Å². The van der Waals surface area contributed by atoms with Crippen LogP contribution < -0.4 is 4.90 Å². The third-order valence-corrected chi connectivity index (χ3v) is 5.43. The molecule has 4 rings (SSSR count). The van der Waals surface area contributed by atoms with Gasteiger partial charge < -0.3 is 5.11 Å². The second-order valence-electron chi connectivity index (χ2n) is 7.57. The van der Waals surface area contributed by atoms with E-state index in [4.69, 9.17) is 0 Å². The Morgan fingerprint density at radius 3 is 2.17 bits per heavy atom. The molecule has 1 aliphatic rings. The van der Waals surface area contributed by atoms with Gasteiger partial charge in [0.1, 0.15) is 11.6 Å². The van der Waals surface area contributed by atoms with E-state index in [1.54, 1.807) is 0 Å². The summed E-state index contributed by atoms with van der Waals surface area (Å²) in [6.07, 6.45) is -4.73. The van der Waals surface area contributed by atoms with E-state index in [1.807, 2.05) is 0 Å². The quantitative estimate of drug-likeness (QED) is 0.133. The zero-order valence-corrected chi connectivity index (χ0v) is 17.5. The molecular weight excluding hydrogens is 472 g/mol. The number of rotatable bonds is 4. The maximum absolute atomic E-state index is 13.6. The Bertz CT molecular complexity index is 1370.